The normalized spacial score (nSPS) is 10.4. The van der Waals surface area contributed by atoms with Gasteiger partial charge in [-0.3, -0.25) is 19.7 Å². The van der Waals surface area contributed by atoms with Crippen LogP contribution in [0.3, 0.4) is 0 Å². The summed E-state index contributed by atoms with van der Waals surface area (Å²) >= 11 is 5.88. The fourth-order valence-electron chi connectivity index (χ4n) is 1.66. The molecular formula is C15H11ClN4O4. The first-order valence-electron chi connectivity index (χ1n) is 6.61. The summed E-state index contributed by atoms with van der Waals surface area (Å²) < 4.78 is 0. The molecule has 2 aromatic carbocycles. The molecule has 9 heteroatoms. The predicted molar refractivity (Wildman–Crippen MR) is 88.9 cm³/mol. The number of non-ortho nitro benzene ring substituents is 1. The summed E-state index contributed by atoms with van der Waals surface area (Å²) in [6.45, 7) is 0. The van der Waals surface area contributed by atoms with Gasteiger partial charge in [0.25, 0.3) is 5.69 Å². The Balaban J connectivity index is 1.98. The Morgan fingerprint density at radius 1 is 1.12 bits per heavy atom. The topological polar surface area (TPSA) is 114 Å². The van der Waals surface area contributed by atoms with Crippen LogP contribution in [0.5, 0.6) is 0 Å². The number of hydrogen-bond donors (Lipinski definition) is 2. The van der Waals surface area contributed by atoms with Crippen LogP contribution in [0.2, 0.25) is 5.02 Å². The van der Waals surface area contributed by atoms with Gasteiger partial charge in [-0.05, 0) is 18.2 Å². The van der Waals surface area contributed by atoms with Crippen LogP contribution < -0.4 is 10.7 Å². The van der Waals surface area contributed by atoms with E-state index in [1.165, 1.54) is 18.2 Å². The summed E-state index contributed by atoms with van der Waals surface area (Å²) in [7, 11) is 0. The van der Waals surface area contributed by atoms with E-state index in [9.17, 15) is 19.7 Å². The Labute approximate surface area is 141 Å². The Morgan fingerprint density at radius 3 is 2.50 bits per heavy atom. The van der Waals surface area contributed by atoms with Crippen molar-refractivity contribution in [2.45, 2.75) is 0 Å². The van der Waals surface area contributed by atoms with Crippen LogP contribution in [0.25, 0.3) is 0 Å². The molecule has 0 aromatic heterocycles. The molecule has 0 aliphatic rings. The number of nitro groups is 1. The van der Waals surface area contributed by atoms with Crippen molar-refractivity contribution in [2.75, 3.05) is 5.32 Å². The van der Waals surface area contributed by atoms with Crippen LogP contribution in [0, 0.1) is 10.1 Å². The molecule has 0 radical (unpaired) electrons. The largest absolute Gasteiger partial charge is 0.329 e. The fraction of sp³-hybridized carbons (Fsp3) is 0. The second-order valence-electron chi connectivity index (χ2n) is 4.48. The average Bonchev–Trinajstić information content (AvgIpc) is 2.57. The van der Waals surface area contributed by atoms with E-state index < -0.39 is 16.7 Å². The number of para-hydroxylation sites is 1. The highest BCUT2D eigenvalue weighted by Gasteiger charge is 2.13. The van der Waals surface area contributed by atoms with E-state index in [0.29, 0.717) is 5.69 Å². The number of nitrogens with one attached hydrogen (secondary N) is 2. The molecule has 0 aliphatic heterocycles. The molecule has 0 heterocycles. The Kier molecular flexibility index (Phi) is 5.58. The number of amides is 2. The summed E-state index contributed by atoms with van der Waals surface area (Å²) in [5.74, 6) is -1.89. The summed E-state index contributed by atoms with van der Waals surface area (Å²) in [5.41, 5.74) is 2.54. The Bertz CT molecular complexity index is 808. The minimum Gasteiger partial charge on any atom is -0.318 e. The van der Waals surface area contributed by atoms with E-state index in [2.05, 4.69) is 10.4 Å². The number of hydrogen-bond acceptors (Lipinski definition) is 5. The van der Waals surface area contributed by atoms with Crippen molar-refractivity contribution in [3.8, 4) is 0 Å². The molecule has 2 rings (SSSR count). The molecule has 122 valence electrons. The number of nitro benzene ring substituents is 1. The first-order chi connectivity index (χ1) is 11.5. The molecule has 0 saturated heterocycles. The molecule has 2 N–H and O–H groups in total. The quantitative estimate of drug-likeness (QED) is 0.382. The third-order valence-corrected chi connectivity index (χ3v) is 3.14. The molecule has 0 aliphatic carbocycles. The third-order valence-electron chi connectivity index (χ3n) is 2.80. The van der Waals surface area contributed by atoms with E-state index >= 15 is 0 Å². The molecule has 0 saturated carbocycles. The number of anilines is 1. The van der Waals surface area contributed by atoms with Gasteiger partial charge in [0, 0.05) is 28.4 Å². The van der Waals surface area contributed by atoms with Gasteiger partial charge in [-0.15, -0.1) is 0 Å². The first kappa shape index (κ1) is 17.1. The van der Waals surface area contributed by atoms with Crippen molar-refractivity contribution < 1.29 is 14.5 Å². The van der Waals surface area contributed by atoms with Gasteiger partial charge in [0.1, 0.15) is 0 Å². The van der Waals surface area contributed by atoms with Gasteiger partial charge < -0.3 is 5.32 Å². The molecule has 0 fully saturated rings. The maximum Gasteiger partial charge on any atom is 0.329 e. The minimum absolute atomic E-state index is 0.172. The number of halogens is 1. The van der Waals surface area contributed by atoms with Gasteiger partial charge in [0.2, 0.25) is 0 Å². The van der Waals surface area contributed by atoms with Crippen LogP contribution in [-0.2, 0) is 9.59 Å². The van der Waals surface area contributed by atoms with Gasteiger partial charge in [0.15, 0.2) is 0 Å². The molecule has 0 spiro atoms. The van der Waals surface area contributed by atoms with Crippen molar-refractivity contribution in [1.82, 2.24) is 5.43 Å². The van der Waals surface area contributed by atoms with Gasteiger partial charge >= 0.3 is 11.8 Å². The molecule has 2 amide bonds. The lowest BCUT2D eigenvalue weighted by Crippen LogP contribution is -2.32. The molecule has 0 unspecified atom stereocenters. The summed E-state index contributed by atoms with van der Waals surface area (Å²) in [6.07, 6.45) is 1.11. The second kappa shape index (κ2) is 7.84. The Hall–Kier alpha value is -3.26. The number of carbonyl (C=O) groups excluding carboxylic acids is 2. The molecule has 0 atom stereocenters. The lowest BCUT2D eigenvalue weighted by atomic mass is 10.2. The second-order valence-corrected chi connectivity index (χ2v) is 4.89. The lowest BCUT2D eigenvalue weighted by molar-refractivity contribution is -0.384. The SMILES string of the molecule is O=C(N/N=C/c1cc([N+](=O)[O-])ccc1Cl)C(=O)Nc1ccccc1. The minimum atomic E-state index is -0.989. The maximum absolute atomic E-state index is 11.7. The summed E-state index contributed by atoms with van der Waals surface area (Å²) in [5, 5.41) is 16.9. The molecular weight excluding hydrogens is 336 g/mol. The van der Waals surface area contributed by atoms with Gasteiger partial charge in [-0.25, -0.2) is 5.43 Å². The van der Waals surface area contributed by atoms with Gasteiger partial charge in [0.05, 0.1) is 11.1 Å². The first-order valence-corrected chi connectivity index (χ1v) is 6.98. The molecule has 0 bridgehead atoms. The van der Waals surface area contributed by atoms with E-state index in [0.717, 1.165) is 6.21 Å². The van der Waals surface area contributed by atoms with Gasteiger partial charge in [-0.2, -0.15) is 5.10 Å². The monoisotopic (exact) mass is 346 g/mol. The molecule has 24 heavy (non-hydrogen) atoms. The van der Waals surface area contributed by atoms with E-state index in [1.54, 1.807) is 30.3 Å². The Morgan fingerprint density at radius 2 is 1.83 bits per heavy atom. The van der Waals surface area contributed by atoms with Crippen molar-refractivity contribution in [3.05, 3.63) is 69.2 Å². The van der Waals surface area contributed by atoms with Crippen molar-refractivity contribution >= 4 is 41.0 Å². The maximum atomic E-state index is 11.7. The zero-order valence-corrected chi connectivity index (χ0v) is 12.9. The van der Waals surface area contributed by atoms with Crippen molar-refractivity contribution in [2.24, 2.45) is 5.10 Å². The van der Waals surface area contributed by atoms with Gasteiger partial charge in [-0.1, -0.05) is 29.8 Å². The van der Waals surface area contributed by atoms with Crippen molar-refractivity contribution in [3.63, 3.8) is 0 Å². The van der Waals surface area contributed by atoms with Crippen LogP contribution in [0.15, 0.2) is 53.6 Å². The highest BCUT2D eigenvalue weighted by Crippen LogP contribution is 2.20. The highest BCUT2D eigenvalue weighted by atomic mass is 35.5. The average molecular weight is 347 g/mol. The van der Waals surface area contributed by atoms with E-state index in [4.69, 9.17) is 11.6 Å². The van der Waals surface area contributed by atoms with Crippen LogP contribution in [0.4, 0.5) is 11.4 Å². The lowest BCUT2D eigenvalue weighted by Gasteiger charge is -2.03. The number of nitrogens with zero attached hydrogens (tertiary/aromatic N) is 2. The number of rotatable bonds is 4. The number of carbonyl (C=O) groups is 2. The van der Waals surface area contributed by atoms with Crippen LogP contribution >= 0.6 is 11.6 Å². The zero-order valence-electron chi connectivity index (χ0n) is 12.1. The van der Waals surface area contributed by atoms with Crippen LogP contribution in [-0.4, -0.2) is 23.0 Å². The molecule has 8 nitrogen and oxygen atoms in total. The number of hydrazone groups is 1. The highest BCUT2D eigenvalue weighted by molar-refractivity contribution is 6.39. The smallest absolute Gasteiger partial charge is 0.318 e. The number of benzene rings is 2. The van der Waals surface area contributed by atoms with E-state index in [1.807, 2.05) is 5.43 Å². The third kappa shape index (κ3) is 4.62. The molecule has 2 aromatic rings. The van der Waals surface area contributed by atoms with Crippen molar-refractivity contribution in [1.29, 1.82) is 0 Å². The fourth-order valence-corrected chi connectivity index (χ4v) is 1.83. The van der Waals surface area contributed by atoms with E-state index in [-0.39, 0.29) is 16.3 Å². The standard InChI is InChI=1S/C15H11ClN4O4/c16-13-7-6-12(20(23)24)8-10(13)9-17-19-15(22)14(21)18-11-4-2-1-3-5-11/h1-9H,(H,18,21)(H,19,22)/b17-9+. The summed E-state index contributed by atoms with van der Waals surface area (Å²) in [6, 6.07) is 12.2. The van der Waals surface area contributed by atoms with Crippen LogP contribution in [0.1, 0.15) is 5.56 Å². The predicted octanol–water partition coefficient (Wildman–Crippen LogP) is 2.34. The summed E-state index contributed by atoms with van der Waals surface area (Å²) in [4.78, 5) is 33.4. The zero-order chi connectivity index (χ0) is 17.5.